The van der Waals surface area contributed by atoms with Gasteiger partial charge in [-0.1, -0.05) is 54.1 Å². The summed E-state index contributed by atoms with van der Waals surface area (Å²) in [6.07, 6.45) is 0. The molecule has 0 aliphatic carbocycles. The second-order valence-corrected chi connectivity index (χ2v) is 8.07. The largest absolute Gasteiger partial charge is 0.294 e. The van der Waals surface area contributed by atoms with E-state index in [1.165, 1.54) is 56.1 Å². The Kier molecular flexibility index (Phi) is 4.30. The molecule has 0 fully saturated rings. The molecule has 142 valence electrons. The molecular formula is C26H28N2. The molecular weight excluding hydrogens is 340 g/mol. The number of hydrogen-bond acceptors (Lipinski definition) is 2. The van der Waals surface area contributed by atoms with Gasteiger partial charge >= 0.3 is 0 Å². The molecule has 0 saturated heterocycles. The van der Waals surface area contributed by atoms with Gasteiger partial charge in [-0.3, -0.25) is 9.80 Å². The minimum absolute atomic E-state index is 0.978. The Morgan fingerprint density at radius 3 is 1.21 bits per heavy atom. The molecule has 4 rings (SSSR count). The van der Waals surface area contributed by atoms with Gasteiger partial charge in [-0.2, -0.15) is 0 Å². The van der Waals surface area contributed by atoms with E-state index >= 15 is 0 Å². The van der Waals surface area contributed by atoms with Crippen molar-refractivity contribution in [2.75, 3.05) is 9.80 Å². The number of rotatable bonds is 2. The summed E-state index contributed by atoms with van der Waals surface area (Å²) in [5, 5.41) is 0. The quantitative estimate of drug-likeness (QED) is 0.468. The van der Waals surface area contributed by atoms with Crippen molar-refractivity contribution in [2.45, 2.75) is 41.5 Å². The zero-order valence-corrected chi connectivity index (χ0v) is 17.7. The maximum absolute atomic E-state index is 4.55. The van der Waals surface area contributed by atoms with Crippen LogP contribution in [0.2, 0.25) is 0 Å². The van der Waals surface area contributed by atoms with E-state index in [4.69, 9.17) is 0 Å². The summed E-state index contributed by atoms with van der Waals surface area (Å²) in [6.45, 7) is 17.6. The van der Waals surface area contributed by atoms with Crippen LogP contribution in [0.3, 0.4) is 0 Å². The minimum Gasteiger partial charge on any atom is -0.294 e. The highest BCUT2D eigenvalue weighted by Gasteiger charge is 2.34. The van der Waals surface area contributed by atoms with Crippen molar-refractivity contribution in [3.05, 3.63) is 94.3 Å². The van der Waals surface area contributed by atoms with Gasteiger partial charge in [-0.25, -0.2) is 0 Å². The maximum atomic E-state index is 4.55. The molecule has 3 aromatic rings. The summed E-state index contributed by atoms with van der Waals surface area (Å²) in [6, 6.07) is 17.6. The fraction of sp³-hybridized carbons (Fsp3) is 0.231. The van der Waals surface area contributed by atoms with Crippen molar-refractivity contribution in [1.29, 1.82) is 0 Å². The molecule has 0 spiro atoms. The average Bonchev–Trinajstić information content (AvgIpc) is 2.87. The highest BCUT2D eigenvalue weighted by molar-refractivity contribution is 5.95. The molecule has 2 heteroatoms. The first-order valence-electron chi connectivity index (χ1n) is 9.83. The molecule has 1 aliphatic rings. The van der Waals surface area contributed by atoms with Crippen molar-refractivity contribution in [2.24, 2.45) is 0 Å². The molecule has 0 radical (unpaired) electrons. The van der Waals surface area contributed by atoms with Crippen LogP contribution < -0.4 is 9.80 Å². The van der Waals surface area contributed by atoms with Gasteiger partial charge in [-0.05, 0) is 75.9 Å². The highest BCUT2D eigenvalue weighted by atomic mass is 15.4. The van der Waals surface area contributed by atoms with Crippen molar-refractivity contribution in [3.63, 3.8) is 0 Å². The van der Waals surface area contributed by atoms with Crippen LogP contribution in [-0.4, -0.2) is 0 Å². The van der Waals surface area contributed by atoms with Gasteiger partial charge in [0.15, 0.2) is 0 Å². The number of hydrogen-bond donors (Lipinski definition) is 0. The Morgan fingerprint density at radius 1 is 0.571 bits per heavy atom. The molecule has 0 N–H and O–H groups in total. The third-order valence-corrected chi connectivity index (χ3v) is 5.60. The second-order valence-electron chi connectivity index (χ2n) is 8.07. The van der Waals surface area contributed by atoms with E-state index in [1.54, 1.807) is 0 Å². The molecule has 2 nitrogen and oxygen atoms in total. The lowest BCUT2D eigenvalue weighted by molar-refractivity contribution is 1.10. The average molecular weight is 369 g/mol. The summed E-state index contributed by atoms with van der Waals surface area (Å²) >= 11 is 0. The highest BCUT2D eigenvalue weighted by Crippen LogP contribution is 2.51. The van der Waals surface area contributed by atoms with Crippen LogP contribution in [0.25, 0.3) is 0 Å². The number of para-hydroxylation sites is 2. The standard InChI is InChI=1S/C26H28N2/c1-16-12-18(3)25(19(4)13-16)27-22(7)28(24-11-9-8-10-23(24)27)26-20(5)14-17(2)15-21(26)6/h8-15H,7H2,1-6H3. The van der Waals surface area contributed by atoms with Gasteiger partial charge in [0.05, 0.1) is 22.7 Å². The summed E-state index contributed by atoms with van der Waals surface area (Å²) in [5.74, 6) is 0.978. The van der Waals surface area contributed by atoms with Crippen molar-refractivity contribution in [3.8, 4) is 0 Å². The number of aryl methyl sites for hydroxylation is 6. The van der Waals surface area contributed by atoms with E-state index in [0.29, 0.717) is 0 Å². The molecule has 0 unspecified atom stereocenters. The van der Waals surface area contributed by atoms with Crippen LogP contribution in [-0.2, 0) is 0 Å². The van der Waals surface area contributed by atoms with E-state index < -0.39 is 0 Å². The molecule has 1 heterocycles. The van der Waals surface area contributed by atoms with Gasteiger partial charge in [0.1, 0.15) is 5.82 Å². The molecule has 28 heavy (non-hydrogen) atoms. The Bertz CT molecular complexity index is 975. The van der Waals surface area contributed by atoms with E-state index in [0.717, 1.165) is 5.82 Å². The first-order chi connectivity index (χ1) is 13.3. The van der Waals surface area contributed by atoms with Crippen LogP contribution in [0, 0.1) is 41.5 Å². The molecule has 0 atom stereocenters. The Labute approximate surface area is 168 Å². The number of benzene rings is 3. The summed E-state index contributed by atoms with van der Waals surface area (Å²) in [7, 11) is 0. The zero-order chi connectivity index (χ0) is 20.2. The normalized spacial score (nSPS) is 13.3. The smallest absolute Gasteiger partial charge is 0.115 e. The van der Waals surface area contributed by atoms with Crippen LogP contribution >= 0.6 is 0 Å². The predicted molar refractivity (Wildman–Crippen MR) is 121 cm³/mol. The summed E-state index contributed by atoms with van der Waals surface area (Å²) in [4.78, 5) is 4.64. The van der Waals surface area contributed by atoms with Crippen LogP contribution in [0.5, 0.6) is 0 Å². The van der Waals surface area contributed by atoms with Gasteiger partial charge in [0.25, 0.3) is 0 Å². The molecule has 3 aromatic carbocycles. The fourth-order valence-corrected chi connectivity index (χ4v) is 4.77. The Balaban J connectivity index is 1.96. The van der Waals surface area contributed by atoms with Crippen LogP contribution in [0.15, 0.2) is 60.9 Å². The van der Waals surface area contributed by atoms with Crippen molar-refractivity contribution >= 4 is 22.7 Å². The Hall–Kier alpha value is -3.00. The molecule has 0 amide bonds. The summed E-state index contributed by atoms with van der Waals surface area (Å²) in [5.41, 5.74) is 12.5. The molecule has 1 aliphatic heterocycles. The fourth-order valence-electron chi connectivity index (χ4n) is 4.77. The predicted octanol–water partition coefficient (Wildman–Crippen LogP) is 7.30. The van der Waals surface area contributed by atoms with Crippen LogP contribution in [0.4, 0.5) is 22.7 Å². The minimum atomic E-state index is 0.978. The lowest BCUT2D eigenvalue weighted by atomic mass is 10.0. The molecule has 0 bridgehead atoms. The number of anilines is 4. The maximum Gasteiger partial charge on any atom is 0.115 e. The number of nitrogens with zero attached hydrogens (tertiary/aromatic N) is 2. The SMILES string of the molecule is C=C1N(c2c(C)cc(C)cc2C)c2ccccc2N1c1c(C)cc(C)cc1C. The first kappa shape index (κ1) is 18.4. The second kappa shape index (κ2) is 6.56. The van der Waals surface area contributed by atoms with Gasteiger partial charge in [0.2, 0.25) is 0 Å². The van der Waals surface area contributed by atoms with E-state index in [2.05, 4.69) is 106 Å². The molecule has 0 saturated carbocycles. The van der Waals surface area contributed by atoms with Crippen LogP contribution in [0.1, 0.15) is 33.4 Å². The van der Waals surface area contributed by atoms with E-state index in [1.807, 2.05) is 0 Å². The number of fused-ring (bicyclic) bond motifs is 1. The zero-order valence-electron chi connectivity index (χ0n) is 17.7. The van der Waals surface area contributed by atoms with Gasteiger partial charge < -0.3 is 0 Å². The summed E-state index contributed by atoms with van der Waals surface area (Å²) < 4.78 is 0. The van der Waals surface area contributed by atoms with E-state index in [-0.39, 0.29) is 0 Å². The van der Waals surface area contributed by atoms with Gasteiger partial charge in [0, 0.05) is 0 Å². The first-order valence-corrected chi connectivity index (χ1v) is 9.83. The third kappa shape index (κ3) is 2.72. The van der Waals surface area contributed by atoms with E-state index in [9.17, 15) is 0 Å². The van der Waals surface area contributed by atoms with Gasteiger partial charge in [-0.15, -0.1) is 0 Å². The molecule has 0 aromatic heterocycles. The van der Waals surface area contributed by atoms with Crippen molar-refractivity contribution in [1.82, 2.24) is 0 Å². The van der Waals surface area contributed by atoms with Crippen molar-refractivity contribution < 1.29 is 0 Å². The topological polar surface area (TPSA) is 6.48 Å². The lowest BCUT2D eigenvalue weighted by Crippen LogP contribution is -2.23. The lowest BCUT2D eigenvalue weighted by Gasteiger charge is -2.29. The monoisotopic (exact) mass is 368 g/mol. The Morgan fingerprint density at radius 2 is 0.893 bits per heavy atom. The third-order valence-electron chi connectivity index (χ3n) is 5.60.